The number of carbonyl (C=O) groups excluding carboxylic acids is 1. The van der Waals surface area contributed by atoms with Gasteiger partial charge in [-0.05, 0) is 18.9 Å². The Morgan fingerprint density at radius 1 is 1.28 bits per heavy atom. The Hall–Kier alpha value is -1.13. The quantitative estimate of drug-likeness (QED) is 0.440. The van der Waals surface area contributed by atoms with Crippen LogP contribution in [0.25, 0.3) is 0 Å². The van der Waals surface area contributed by atoms with E-state index in [4.69, 9.17) is 14.2 Å². The van der Waals surface area contributed by atoms with Crippen LogP contribution in [-0.4, -0.2) is 49.9 Å². The molecule has 3 rings (SSSR count). The zero-order valence-corrected chi connectivity index (χ0v) is 16.6. The fourth-order valence-corrected chi connectivity index (χ4v) is 4.37. The smallest absolute Gasteiger partial charge is 0.333 e. The highest BCUT2D eigenvalue weighted by Gasteiger charge is 2.57. The highest BCUT2D eigenvalue weighted by atomic mass is 28.3. The molecule has 0 radical (unpaired) electrons. The van der Waals surface area contributed by atoms with Gasteiger partial charge in [0.1, 0.15) is 20.3 Å². The van der Waals surface area contributed by atoms with Crippen LogP contribution in [-0.2, 0) is 19.0 Å². The zero-order chi connectivity index (χ0) is 18.3. The first-order chi connectivity index (χ1) is 11.7. The third-order valence-electron chi connectivity index (χ3n) is 5.00. The van der Waals surface area contributed by atoms with Gasteiger partial charge in [-0.2, -0.15) is 0 Å². The molecular formula is C19H28O5Si. The molecule has 1 N–H and O–H groups in total. The number of esters is 1. The predicted octanol–water partition coefficient (Wildman–Crippen LogP) is 2.55. The van der Waals surface area contributed by atoms with E-state index in [0.29, 0.717) is 5.57 Å². The van der Waals surface area contributed by atoms with Crippen LogP contribution in [0.1, 0.15) is 38.5 Å². The molecule has 3 atom stereocenters. The van der Waals surface area contributed by atoms with Gasteiger partial charge < -0.3 is 19.3 Å². The van der Waals surface area contributed by atoms with Gasteiger partial charge in [0.25, 0.3) is 0 Å². The Kier molecular flexibility index (Phi) is 4.88. The summed E-state index contributed by atoms with van der Waals surface area (Å²) >= 11 is 0. The third-order valence-corrected chi connectivity index (χ3v) is 5.88. The molecule has 0 unspecified atom stereocenters. The summed E-state index contributed by atoms with van der Waals surface area (Å²) in [5.41, 5.74) is 2.22. The van der Waals surface area contributed by atoms with Crippen molar-refractivity contribution in [3.8, 4) is 11.5 Å². The maximum atomic E-state index is 12.1. The number of methoxy groups -OCH3 is 1. The molecular weight excluding hydrogens is 336 g/mol. The molecule has 3 aliphatic rings. The van der Waals surface area contributed by atoms with E-state index in [9.17, 15) is 9.90 Å². The summed E-state index contributed by atoms with van der Waals surface area (Å²) in [4.78, 5) is 12.1. The van der Waals surface area contributed by atoms with Crippen molar-refractivity contribution in [1.82, 2.24) is 0 Å². The summed E-state index contributed by atoms with van der Waals surface area (Å²) in [5.74, 6) is 1.96. The number of hydrogen-bond donors (Lipinski definition) is 1. The van der Waals surface area contributed by atoms with Crippen molar-refractivity contribution in [2.45, 2.75) is 81.8 Å². The second-order valence-corrected chi connectivity index (χ2v) is 13.1. The van der Waals surface area contributed by atoms with E-state index in [1.54, 1.807) is 6.08 Å². The van der Waals surface area contributed by atoms with Crippen molar-refractivity contribution < 1.29 is 24.1 Å². The Morgan fingerprint density at radius 3 is 2.56 bits per heavy atom. The topological polar surface area (TPSA) is 65.0 Å². The average Bonchev–Trinajstić information content (AvgIpc) is 2.91. The summed E-state index contributed by atoms with van der Waals surface area (Å²) < 4.78 is 17.4. The molecule has 138 valence electrons. The second-order valence-electron chi connectivity index (χ2n) is 8.38. The summed E-state index contributed by atoms with van der Waals surface area (Å²) in [6.07, 6.45) is 5.73. The van der Waals surface area contributed by atoms with Gasteiger partial charge in [0.2, 0.25) is 0 Å². The predicted molar refractivity (Wildman–Crippen MR) is 96.3 cm³/mol. The van der Waals surface area contributed by atoms with Gasteiger partial charge in [-0.15, -0.1) is 5.54 Å². The van der Waals surface area contributed by atoms with Gasteiger partial charge in [0.05, 0.1) is 7.11 Å². The molecule has 2 aliphatic carbocycles. The Bertz CT molecular complexity index is 632. The van der Waals surface area contributed by atoms with E-state index < -0.39 is 37.6 Å². The molecule has 2 fully saturated rings. The zero-order valence-electron chi connectivity index (χ0n) is 15.6. The summed E-state index contributed by atoms with van der Waals surface area (Å²) in [6.45, 7) is 6.36. The number of rotatable bonds is 1. The number of hydrogen-bond acceptors (Lipinski definition) is 5. The van der Waals surface area contributed by atoms with Gasteiger partial charge in [-0.3, -0.25) is 0 Å². The molecule has 1 heterocycles. The molecule has 1 saturated carbocycles. The minimum atomic E-state index is -1.69. The maximum absolute atomic E-state index is 12.1. The van der Waals surface area contributed by atoms with Gasteiger partial charge in [0, 0.05) is 24.8 Å². The molecule has 1 aliphatic heterocycles. The minimum Gasteiger partial charge on any atom is -0.466 e. The van der Waals surface area contributed by atoms with Gasteiger partial charge >= 0.3 is 5.97 Å². The highest BCUT2D eigenvalue weighted by molar-refractivity contribution is 6.83. The Balaban J connectivity index is 1.96. The average molecular weight is 365 g/mol. The molecule has 0 aromatic carbocycles. The fourth-order valence-electron chi connectivity index (χ4n) is 3.78. The monoisotopic (exact) mass is 364 g/mol. The maximum Gasteiger partial charge on any atom is 0.333 e. The van der Waals surface area contributed by atoms with Crippen LogP contribution < -0.4 is 0 Å². The lowest BCUT2D eigenvalue weighted by molar-refractivity contribution is -0.202. The standard InChI is InChI=1S/C19H28O5Si/c1-22-17(20)14-12-15-16(18(21,13-14)10-11-25(2,3)4)24-19(23-15)8-6-5-7-9-19/h12,15-16,21H,5-9,13H2,1-4H3/t15-,16-,18+/m1/s1. The van der Waals surface area contributed by atoms with E-state index in [1.165, 1.54) is 13.5 Å². The minimum absolute atomic E-state index is 0.109. The molecule has 0 aromatic heterocycles. The normalized spacial score (nSPS) is 33.9. The van der Waals surface area contributed by atoms with E-state index in [-0.39, 0.29) is 6.42 Å². The van der Waals surface area contributed by atoms with Crippen LogP contribution in [0.2, 0.25) is 19.6 Å². The van der Waals surface area contributed by atoms with E-state index in [0.717, 1.165) is 25.7 Å². The SMILES string of the molecule is COC(=O)C1=C[C@H]2OC3(CCCCC3)O[C@H]2[C@](O)(C#C[Si](C)(C)C)C1. The number of carbonyl (C=O) groups is 1. The molecule has 1 saturated heterocycles. The number of fused-ring (bicyclic) bond motifs is 1. The summed E-state index contributed by atoms with van der Waals surface area (Å²) in [5, 5.41) is 11.3. The molecule has 0 amide bonds. The first kappa shape index (κ1) is 18.7. The van der Waals surface area contributed by atoms with Crippen LogP contribution >= 0.6 is 0 Å². The van der Waals surface area contributed by atoms with Crippen molar-refractivity contribution in [3.05, 3.63) is 11.6 Å². The van der Waals surface area contributed by atoms with Crippen molar-refractivity contribution in [1.29, 1.82) is 0 Å². The number of ether oxygens (including phenoxy) is 3. The van der Waals surface area contributed by atoms with Gasteiger partial charge in [-0.1, -0.05) is 32.0 Å². The molecule has 0 aromatic rings. The van der Waals surface area contributed by atoms with Crippen LogP contribution in [0, 0.1) is 11.5 Å². The molecule has 0 bridgehead atoms. The van der Waals surface area contributed by atoms with E-state index >= 15 is 0 Å². The molecule has 5 nitrogen and oxygen atoms in total. The molecule has 6 heteroatoms. The summed E-state index contributed by atoms with van der Waals surface area (Å²) in [7, 11) is -0.347. The molecule has 1 spiro atoms. The van der Waals surface area contributed by atoms with Crippen LogP contribution in [0.4, 0.5) is 0 Å². The van der Waals surface area contributed by atoms with Crippen LogP contribution in [0.15, 0.2) is 11.6 Å². The second kappa shape index (κ2) is 6.55. The summed E-state index contributed by atoms with van der Waals surface area (Å²) in [6, 6.07) is 0. The van der Waals surface area contributed by atoms with E-state index in [1.807, 2.05) is 0 Å². The Morgan fingerprint density at radius 2 is 1.96 bits per heavy atom. The lowest BCUT2D eigenvalue weighted by Gasteiger charge is -2.35. The van der Waals surface area contributed by atoms with E-state index in [2.05, 4.69) is 31.1 Å². The number of aliphatic hydroxyl groups is 1. The fraction of sp³-hybridized carbons (Fsp3) is 0.737. The first-order valence-electron chi connectivity index (χ1n) is 9.08. The third kappa shape index (κ3) is 3.85. The largest absolute Gasteiger partial charge is 0.466 e. The highest BCUT2D eigenvalue weighted by Crippen LogP contribution is 2.47. The lowest BCUT2D eigenvalue weighted by Crippen LogP contribution is -2.50. The van der Waals surface area contributed by atoms with Crippen molar-refractivity contribution in [3.63, 3.8) is 0 Å². The van der Waals surface area contributed by atoms with Crippen molar-refractivity contribution in [2.24, 2.45) is 0 Å². The van der Waals surface area contributed by atoms with Crippen molar-refractivity contribution in [2.75, 3.05) is 7.11 Å². The van der Waals surface area contributed by atoms with Gasteiger partial charge in [0.15, 0.2) is 11.4 Å². The van der Waals surface area contributed by atoms with Crippen LogP contribution in [0.5, 0.6) is 0 Å². The van der Waals surface area contributed by atoms with Crippen molar-refractivity contribution >= 4 is 14.0 Å². The van der Waals surface area contributed by atoms with Crippen LogP contribution in [0.3, 0.4) is 0 Å². The molecule has 25 heavy (non-hydrogen) atoms. The van der Waals surface area contributed by atoms with Gasteiger partial charge in [-0.25, -0.2) is 4.79 Å². The Labute approximate surface area is 150 Å². The lowest BCUT2D eigenvalue weighted by atomic mass is 9.81. The first-order valence-corrected chi connectivity index (χ1v) is 12.6.